The molecule has 0 amide bonds. The maximum Gasteiger partial charge on any atom is 0.189 e. The number of benzene rings is 1. The van der Waals surface area contributed by atoms with Crippen LogP contribution in [-0.4, -0.2) is 11.8 Å². The van der Waals surface area contributed by atoms with Gasteiger partial charge < -0.3 is 4.84 Å². The average Bonchev–Trinajstić information content (AvgIpc) is 2.47. The van der Waals surface area contributed by atoms with Gasteiger partial charge in [-0.1, -0.05) is 44.7 Å². The molecule has 0 N–H and O–H groups in total. The largest absolute Gasteiger partial charge is 0.417 e. The number of pyridine rings is 1. The molecule has 0 aliphatic heterocycles. The minimum absolute atomic E-state index is 0.0810. The Morgan fingerprint density at radius 1 is 1.10 bits per heavy atom. The third-order valence-corrected chi connectivity index (χ3v) is 3.67. The topological polar surface area (TPSA) is 31.2 Å². The van der Waals surface area contributed by atoms with E-state index in [4.69, 9.17) is 4.84 Å². The van der Waals surface area contributed by atoms with Gasteiger partial charge in [-0.05, 0) is 25.0 Å². The van der Waals surface area contributed by atoms with E-state index < -0.39 is 0 Å². The molecule has 0 bridgehead atoms. The zero-order valence-electron chi connectivity index (χ0n) is 12.4. The zero-order valence-corrected chi connectivity index (χ0v) is 12.4. The molecule has 1 heterocycles. The molecule has 1 aromatic carbocycles. The van der Waals surface area contributed by atoms with E-state index in [1.165, 1.54) is 25.7 Å². The summed E-state index contributed by atoms with van der Waals surface area (Å²) in [5.41, 5.74) is 1.90. The molecule has 0 spiro atoms. The van der Waals surface area contributed by atoms with Gasteiger partial charge in [0, 0.05) is 11.5 Å². The Morgan fingerprint density at radius 3 is 2.60 bits per heavy atom. The summed E-state index contributed by atoms with van der Waals surface area (Å²) in [6.07, 6.45) is 6.99. The van der Waals surface area contributed by atoms with Crippen LogP contribution < -0.4 is 10.3 Å². The van der Waals surface area contributed by atoms with E-state index in [2.05, 4.69) is 6.92 Å². The number of unbranched alkanes of at least 4 members (excludes halogenated alkanes) is 4. The van der Waals surface area contributed by atoms with Crippen molar-refractivity contribution in [2.24, 2.45) is 0 Å². The van der Waals surface area contributed by atoms with Gasteiger partial charge >= 0.3 is 0 Å². The van der Waals surface area contributed by atoms with Crippen LogP contribution in [0.25, 0.3) is 10.9 Å². The van der Waals surface area contributed by atoms with Gasteiger partial charge in [-0.2, -0.15) is 4.73 Å². The van der Waals surface area contributed by atoms with Crippen LogP contribution in [0.3, 0.4) is 0 Å². The lowest BCUT2D eigenvalue weighted by atomic mass is 10.1. The summed E-state index contributed by atoms with van der Waals surface area (Å²) in [5.74, 6) is 0. The highest BCUT2D eigenvalue weighted by molar-refractivity contribution is 5.78. The van der Waals surface area contributed by atoms with Crippen molar-refractivity contribution in [3.63, 3.8) is 0 Å². The highest BCUT2D eigenvalue weighted by Gasteiger charge is 2.08. The minimum Gasteiger partial charge on any atom is -0.417 e. The first-order valence-corrected chi connectivity index (χ1v) is 7.46. The number of aryl methyl sites for hydroxylation is 1. The Hall–Kier alpha value is -1.77. The maximum absolute atomic E-state index is 12.1. The van der Waals surface area contributed by atoms with Gasteiger partial charge in [-0.25, -0.2) is 0 Å². The summed E-state index contributed by atoms with van der Waals surface area (Å²) in [6, 6.07) is 9.31. The fourth-order valence-electron chi connectivity index (χ4n) is 2.60. The number of para-hydroxylation sites is 1. The van der Waals surface area contributed by atoms with E-state index in [0.29, 0.717) is 5.39 Å². The molecule has 20 heavy (non-hydrogen) atoms. The molecule has 0 unspecified atom stereocenters. The van der Waals surface area contributed by atoms with Gasteiger partial charge in [0.05, 0.1) is 11.2 Å². The second-order valence-electron chi connectivity index (χ2n) is 5.16. The molecule has 3 nitrogen and oxygen atoms in total. The molecule has 0 atom stereocenters. The van der Waals surface area contributed by atoms with Crippen molar-refractivity contribution >= 4 is 10.9 Å². The first-order valence-electron chi connectivity index (χ1n) is 7.46. The number of rotatable bonds is 7. The van der Waals surface area contributed by atoms with E-state index in [-0.39, 0.29) is 5.43 Å². The summed E-state index contributed by atoms with van der Waals surface area (Å²) in [7, 11) is 1.65. The van der Waals surface area contributed by atoms with Crippen LogP contribution in [0.1, 0.15) is 44.7 Å². The summed E-state index contributed by atoms with van der Waals surface area (Å²) >= 11 is 0. The molecule has 0 saturated carbocycles. The molecule has 2 aromatic rings. The van der Waals surface area contributed by atoms with Gasteiger partial charge in [0.1, 0.15) is 7.11 Å². The van der Waals surface area contributed by atoms with Gasteiger partial charge in [0.15, 0.2) is 5.43 Å². The highest BCUT2D eigenvalue weighted by Crippen LogP contribution is 2.14. The zero-order chi connectivity index (χ0) is 14.4. The van der Waals surface area contributed by atoms with Crippen LogP contribution in [-0.2, 0) is 6.42 Å². The fraction of sp³-hybridized carbons (Fsp3) is 0.471. The molecule has 2 rings (SSSR count). The van der Waals surface area contributed by atoms with E-state index in [9.17, 15) is 4.79 Å². The Bertz CT molecular complexity index is 616. The summed E-state index contributed by atoms with van der Waals surface area (Å²) in [5, 5.41) is 0.712. The lowest BCUT2D eigenvalue weighted by Gasteiger charge is -2.14. The second-order valence-corrected chi connectivity index (χ2v) is 5.16. The van der Waals surface area contributed by atoms with Crippen molar-refractivity contribution in [1.29, 1.82) is 0 Å². The van der Waals surface area contributed by atoms with Crippen molar-refractivity contribution in [1.82, 2.24) is 4.73 Å². The highest BCUT2D eigenvalue weighted by atomic mass is 16.6. The lowest BCUT2D eigenvalue weighted by Crippen LogP contribution is -2.18. The van der Waals surface area contributed by atoms with Gasteiger partial charge in [0.2, 0.25) is 0 Å². The lowest BCUT2D eigenvalue weighted by molar-refractivity contribution is 0.168. The normalized spacial score (nSPS) is 10.9. The van der Waals surface area contributed by atoms with E-state index >= 15 is 0 Å². The van der Waals surface area contributed by atoms with Gasteiger partial charge in [-0.3, -0.25) is 4.79 Å². The second kappa shape index (κ2) is 7.13. The number of aromatic nitrogens is 1. The smallest absolute Gasteiger partial charge is 0.189 e. The van der Waals surface area contributed by atoms with E-state index in [1.54, 1.807) is 17.9 Å². The molecule has 0 saturated heterocycles. The minimum atomic E-state index is 0.0810. The molecule has 0 aliphatic carbocycles. The molecule has 0 fully saturated rings. The number of hydrogen-bond donors (Lipinski definition) is 0. The van der Waals surface area contributed by atoms with Gasteiger partial charge in [0.25, 0.3) is 0 Å². The molecule has 1 aromatic heterocycles. The molecular formula is C17H23NO2. The van der Waals surface area contributed by atoms with E-state index in [1.807, 2.05) is 24.3 Å². The van der Waals surface area contributed by atoms with Crippen molar-refractivity contribution < 1.29 is 4.84 Å². The summed E-state index contributed by atoms with van der Waals surface area (Å²) < 4.78 is 1.79. The van der Waals surface area contributed by atoms with Crippen molar-refractivity contribution in [2.75, 3.05) is 7.11 Å². The molecule has 0 radical (unpaired) electrons. The first-order chi connectivity index (χ1) is 9.77. The van der Waals surface area contributed by atoms with Crippen LogP contribution in [0.4, 0.5) is 0 Å². The molecule has 3 heteroatoms. The Balaban J connectivity index is 2.22. The van der Waals surface area contributed by atoms with E-state index in [0.717, 1.165) is 24.1 Å². The quantitative estimate of drug-likeness (QED) is 0.722. The molecule has 0 aliphatic rings. The summed E-state index contributed by atoms with van der Waals surface area (Å²) in [4.78, 5) is 17.6. The van der Waals surface area contributed by atoms with Crippen molar-refractivity contribution in [3.8, 4) is 0 Å². The first kappa shape index (κ1) is 14.6. The fourth-order valence-corrected chi connectivity index (χ4v) is 2.60. The number of nitrogens with zero attached hydrogens (tertiary/aromatic N) is 1. The van der Waals surface area contributed by atoms with Crippen LogP contribution >= 0.6 is 0 Å². The SMILES string of the molecule is CCCCCCCc1cc(=O)c2ccccc2n1OC. The van der Waals surface area contributed by atoms with Crippen LogP contribution in [0.15, 0.2) is 35.1 Å². The summed E-state index contributed by atoms with van der Waals surface area (Å²) in [6.45, 7) is 2.21. The van der Waals surface area contributed by atoms with Crippen molar-refractivity contribution in [2.45, 2.75) is 45.4 Å². The Morgan fingerprint density at radius 2 is 1.85 bits per heavy atom. The Labute approximate surface area is 120 Å². The third kappa shape index (κ3) is 3.21. The van der Waals surface area contributed by atoms with Crippen LogP contribution in [0.2, 0.25) is 0 Å². The predicted octanol–water partition coefficient (Wildman–Crippen LogP) is 3.57. The maximum atomic E-state index is 12.1. The predicted molar refractivity (Wildman–Crippen MR) is 83.2 cm³/mol. The standard InChI is InChI=1S/C17H23NO2/c1-3-4-5-6-7-10-14-13-17(19)15-11-8-9-12-16(15)18(14)20-2/h8-9,11-13H,3-7,10H2,1-2H3. The van der Waals surface area contributed by atoms with Gasteiger partial charge in [-0.15, -0.1) is 0 Å². The van der Waals surface area contributed by atoms with Crippen molar-refractivity contribution in [3.05, 3.63) is 46.2 Å². The Kier molecular flexibility index (Phi) is 5.22. The van der Waals surface area contributed by atoms with Crippen LogP contribution in [0, 0.1) is 0 Å². The monoisotopic (exact) mass is 273 g/mol. The molecular weight excluding hydrogens is 250 g/mol. The number of fused-ring (bicyclic) bond motifs is 1. The number of hydrogen-bond acceptors (Lipinski definition) is 2. The third-order valence-electron chi connectivity index (χ3n) is 3.67. The average molecular weight is 273 g/mol. The molecule has 108 valence electrons. The van der Waals surface area contributed by atoms with Crippen LogP contribution in [0.5, 0.6) is 0 Å².